The average Bonchev–Trinajstić information content (AvgIpc) is 3.15. The van der Waals surface area contributed by atoms with Crippen molar-refractivity contribution in [2.24, 2.45) is 5.41 Å². The van der Waals surface area contributed by atoms with E-state index in [0.29, 0.717) is 6.61 Å². The van der Waals surface area contributed by atoms with Gasteiger partial charge in [0, 0.05) is 42.3 Å². The number of anilines is 1. The van der Waals surface area contributed by atoms with Crippen molar-refractivity contribution in [1.82, 2.24) is 9.88 Å². The number of pyridine rings is 1. The summed E-state index contributed by atoms with van der Waals surface area (Å²) in [7, 11) is 0. The lowest BCUT2D eigenvalue weighted by Crippen LogP contribution is -2.48. The van der Waals surface area contributed by atoms with Crippen molar-refractivity contribution < 1.29 is 5.11 Å². The van der Waals surface area contributed by atoms with E-state index in [9.17, 15) is 5.11 Å². The second-order valence-electron chi connectivity index (χ2n) is 7.48. The van der Waals surface area contributed by atoms with Gasteiger partial charge in [-0.2, -0.15) is 0 Å². The third-order valence-corrected chi connectivity index (χ3v) is 5.88. The number of fused-ring (bicyclic) bond motifs is 1. The zero-order valence-electron chi connectivity index (χ0n) is 14.3. The fraction of sp³-hybridized carbons (Fsp3) is 0.550. The van der Waals surface area contributed by atoms with Crippen molar-refractivity contribution in [2.75, 3.05) is 44.2 Å². The van der Waals surface area contributed by atoms with E-state index in [0.717, 1.165) is 38.0 Å². The number of piperidine rings is 1. The predicted octanol–water partition coefficient (Wildman–Crippen LogP) is 2.91. The smallest absolute Gasteiger partial charge is 0.0722 e. The lowest BCUT2D eigenvalue weighted by atomic mass is 9.78. The van der Waals surface area contributed by atoms with Gasteiger partial charge >= 0.3 is 0 Å². The topological polar surface area (TPSA) is 39.6 Å². The van der Waals surface area contributed by atoms with Crippen LogP contribution in [0.15, 0.2) is 36.5 Å². The van der Waals surface area contributed by atoms with Gasteiger partial charge in [0.25, 0.3) is 0 Å². The maximum absolute atomic E-state index is 10.1. The highest BCUT2D eigenvalue weighted by Crippen LogP contribution is 2.36. The van der Waals surface area contributed by atoms with Crippen LogP contribution >= 0.6 is 0 Å². The van der Waals surface area contributed by atoms with Crippen molar-refractivity contribution in [3.05, 3.63) is 36.5 Å². The molecule has 2 aliphatic heterocycles. The Labute approximate surface area is 144 Å². The molecular weight excluding hydrogens is 298 g/mol. The second-order valence-corrected chi connectivity index (χ2v) is 7.48. The van der Waals surface area contributed by atoms with E-state index in [1.807, 2.05) is 12.3 Å². The standard InChI is InChI=1S/C20H27N3O/c24-16-20(15-22-11-3-4-12-22)8-13-23(14-9-20)19-7-10-21-18-6-2-1-5-17(18)19/h1-2,5-7,10,24H,3-4,8-9,11-16H2. The molecule has 2 saturated heterocycles. The first-order valence-corrected chi connectivity index (χ1v) is 9.22. The minimum Gasteiger partial charge on any atom is -0.396 e. The highest BCUT2D eigenvalue weighted by atomic mass is 16.3. The van der Waals surface area contributed by atoms with Gasteiger partial charge in [0.05, 0.1) is 12.1 Å². The summed E-state index contributed by atoms with van der Waals surface area (Å²) in [5.74, 6) is 0. The maximum Gasteiger partial charge on any atom is 0.0722 e. The molecule has 2 aromatic rings. The van der Waals surface area contributed by atoms with E-state index in [1.54, 1.807) is 0 Å². The molecule has 4 nitrogen and oxygen atoms in total. The van der Waals surface area contributed by atoms with Crippen molar-refractivity contribution in [3.63, 3.8) is 0 Å². The van der Waals surface area contributed by atoms with E-state index < -0.39 is 0 Å². The molecule has 4 rings (SSSR count). The number of rotatable bonds is 4. The number of aliphatic hydroxyl groups excluding tert-OH is 1. The molecule has 2 fully saturated rings. The first kappa shape index (κ1) is 15.9. The van der Waals surface area contributed by atoms with Crippen LogP contribution in [0.3, 0.4) is 0 Å². The van der Waals surface area contributed by atoms with Crippen LogP contribution in [0.5, 0.6) is 0 Å². The Morgan fingerprint density at radius 3 is 2.50 bits per heavy atom. The molecule has 0 unspecified atom stereocenters. The highest BCUT2D eigenvalue weighted by molar-refractivity contribution is 5.91. The van der Waals surface area contributed by atoms with Crippen molar-refractivity contribution >= 4 is 16.6 Å². The molecule has 0 bridgehead atoms. The molecule has 4 heteroatoms. The predicted molar refractivity (Wildman–Crippen MR) is 98.4 cm³/mol. The van der Waals surface area contributed by atoms with Crippen LogP contribution < -0.4 is 4.90 Å². The summed E-state index contributed by atoms with van der Waals surface area (Å²) in [4.78, 5) is 9.50. The Morgan fingerprint density at radius 2 is 1.75 bits per heavy atom. The van der Waals surface area contributed by atoms with Crippen molar-refractivity contribution in [3.8, 4) is 0 Å². The lowest BCUT2D eigenvalue weighted by Gasteiger charge is -2.43. The Kier molecular flexibility index (Phi) is 4.42. The summed E-state index contributed by atoms with van der Waals surface area (Å²) in [6, 6.07) is 10.5. The number of nitrogens with zero attached hydrogens (tertiary/aromatic N) is 3. The van der Waals surface area contributed by atoms with E-state index in [1.165, 1.54) is 37.0 Å². The maximum atomic E-state index is 10.1. The SMILES string of the molecule is OCC1(CN2CCCC2)CCN(c2ccnc3ccccc23)CC1. The van der Waals surface area contributed by atoms with Crippen LogP contribution in [-0.2, 0) is 0 Å². The molecule has 0 amide bonds. The van der Waals surface area contributed by atoms with E-state index in [2.05, 4.69) is 39.0 Å². The molecule has 2 aliphatic rings. The van der Waals surface area contributed by atoms with Crippen LogP contribution in [0, 0.1) is 5.41 Å². The van der Waals surface area contributed by atoms with Gasteiger partial charge in [-0.15, -0.1) is 0 Å². The fourth-order valence-corrected chi connectivity index (χ4v) is 4.36. The number of likely N-dealkylation sites (tertiary alicyclic amines) is 1. The van der Waals surface area contributed by atoms with Gasteiger partial charge in [0.1, 0.15) is 0 Å². The van der Waals surface area contributed by atoms with Crippen molar-refractivity contribution in [1.29, 1.82) is 0 Å². The van der Waals surface area contributed by atoms with Crippen LogP contribution in [0.2, 0.25) is 0 Å². The third kappa shape index (κ3) is 3.01. The van der Waals surface area contributed by atoms with Gasteiger partial charge < -0.3 is 14.9 Å². The largest absolute Gasteiger partial charge is 0.396 e. The molecule has 0 atom stereocenters. The first-order valence-electron chi connectivity index (χ1n) is 9.22. The molecule has 0 saturated carbocycles. The summed E-state index contributed by atoms with van der Waals surface area (Å²) in [5.41, 5.74) is 2.43. The molecule has 1 aromatic carbocycles. The van der Waals surface area contributed by atoms with Gasteiger partial charge in [-0.1, -0.05) is 18.2 Å². The molecule has 0 spiro atoms. The highest BCUT2D eigenvalue weighted by Gasteiger charge is 2.36. The van der Waals surface area contributed by atoms with E-state index >= 15 is 0 Å². The second kappa shape index (κ2) is 6.69. The van der Waals surface area contributed by atoms with Gasteiger partial charge in [-0.3, -0.25) is 4.98 Å². The van der Waals surface area contributed by atoms with Gasteiger partial charge in [0.2, 0.25) is 0 Å². The van der Waals surface area contributed by atoms with Crippen LogP contribution in [0.1, 0.15) is 25.7 Å². The molecule has 24 heavy (non-hydrogen) atoms. The minimum atomic E-state index is 0.0870. The average molecular weight is 325 g/mol. The summed E-state index contributed by atoms with van der Waals surface area (Å²) in [6.45, 7) is 5.83. The van der Waals surface area contributed by atoms with Gasteiger partial charge in [-0.05, 0) is 50.9 Å². The monoisotopic (exact) mass is 325 g/mol. The zero-order valence-corrected chi connectivity index (χ0v) is 14.3. The Balaban J connectivity index is 1.50. The molecule has 0 radical (unpaired) electrons. The first-order chi connectivity index (χ1) is 11.8. The van der Waals surface area contributed by atoms with Crippen molar-refractivity contribution in [2.45, 2.75) is 25.7 Å². The summed E-state index contributed by atoms with van der Waals surface area (Å²) in [5, 5.41) is 11.3. The zero-order chi connectivity index (χ0) is 16.4. The number of para-hydroxylation sites is 1. The number of hydrogen-bond donors (Lipinski definition) is 1. The normalized spacial score (nSPS) is 21.5. The van der Waals surface area contributed by atoms with Gasteiger partial charge in [-0.25, -0.2) is 0 Å². The summed E-state index contributed by atoms with van der Waals surface area (Å²) < 4.78 is 0. The minimum absolute atomic E-state index is 0.0870. The van der Waals surface area contributed by atoms with Gasteiger partial charge in [0.15, 0.2) is 0 Å². The third-order valence-electron chi connectivity index (χ3n) is 5.88. The Bertz CT molecular complexity index is 683. The molecule has 0 aliphatic carbocycles. The number of benzene rings is 1. The van der Waals surface area contributed by atoms with E-state index in [-0.39, 0.29) is 5.41 Å². The lowest BCUT2D eigenvalue weighted by molar-refractivity contribution is 0.0596. The van der Waals surface area contributed by atoms with E-state index in [4.69, 9.17) is 0 Å². The quantitative estimate of drug-likeness (QED) is 0.938. The number of hydrogen-bond acceptors (Lipinski definition) is 4. The fourth-order valence-electron chi connectivity index (χ4n) is 4.36. The Hall–Kier alpha value is -1.65. The van der Waals surface area contributed by atoms with Crippen LogP contribution in [0.4, 0.5) is 5.69 Å². The summed E-state index contributed by atoms with van der Waals surface area (Å²) >= 11 is 0. The number of aromatic nitrogens is 1. The Morgan fingerprint density at radius 1 is 1.00 bits per heavy atom. The summed E-state index contributed by atoms with van der Waals surface area (Å²) in [6.07, 6.45) is 6.68. The van der Waals surface area contributed by atoms with Crippen LogP contribution in [0.25, 0.3) is 10.9 Å². The number of aliphatic hydroxyl groups is 1. The molecule has 128 valence electrons. The molecule has 3 heterocycles. The van der Waals surface area contributed by atoms with Crippen LogP contribution in [-0.4, -0.2) is 54.3 Å². The molecule has 1 N–H and O–H groups in total. The molecule has 1 aromatic heterocycles. The molecular formula is C20H27N3O.